The Morgan fingerprint density at radius 2 is 1.95 bits per heavy atom. The van der Waals surface area contributed by atoms with E-state index in [-0.39, 0.29) is 5.56 Å². The van der Waals surface area contributed by atoms with Crippen molar-refractivity contribution in [2.24, 2.45) is 5.73 Å². The normalized spacial score (nSPS) is 18.6. The molecule has 1 aromatic rings. The Morgan fingerprint density at radius 1 is 1.30 bits per heavy atom. The van der Waals surface area contributed by atoms with Crippen molar-refractivity contribution in [1.29, 1.82) is 0 Å². The third kappa shape index (κ3) is 3.49. The van der Waals surface area contributed by atoms with E-state index in [4.69, 9.17) is 10.5 Å². The van der Waals surface area contributed by atoms with Gasteiger partial charge in [0.15, 0.2) is 5.78 Å². The second-order valence-corrected chi connectivity index (χ2v) is 4.67. The van der Waals surface area contributed by atoms with E-state index in [0.29, 0.717) is 26.1 Å². The molecule has 4 nitrogen and oxygen atoms in total. The molecule has 0 aliphatic carbocycles. The number of hydrogen-bond donors (Lipinski definition) is 1. The summed E-state index contributed by atoms with van der Waals surface area (Å²) in [6.45, 7) is 0.724. The van der Waals surface area contributed by atoms with Gasteiger partial charge in [0.05, 0.1) is 5.54 Å². The molecule has 0 atom stereocenters. The zero-order chi connectivity index (χ0) is 14.8. The van der Waals surface area contributed by atoms with Crippen LogP contribution in [0.25, 0.3) is 0 Å². The molecule has 1 saturated heterocycles. The quantitative estimate of drug-likeness (QED) is 0.867. The molecule has 0 aromatic heterocycles. The van der Waals surface area contributed by atoms with Gasteiger partial charge in [0.25, 0.3) is 0 Å². The molecule has 1 aromatic carbocycles. The van der Waals surface area contributed by atoms with Crippen molar-refractivity contribution in [1.82, 2.24) is 0 Å². The summed E-state index contributed by atoms with van der Waals surface area (Å²) >= 11 is 0. The van der Waals surface area contributed by atoms with E-state index in [1.807, 2.05) is 0 Å². The Bertz CT molecular complexity index is 496. The fourth-order valence-electron chi connectivity index (χ4n) is 2.08. The molecule has 2 N–H and O–H groups in total. The minimum absolute atomic E-state index is 0.108. The predicted octanol–water partition coefficient (Wildman–Crippen LogP) is 2.28. The highest BCUT2D eigenvalue weighted by atomic mass is 19.4. The van der Waals surface area contributed by atoms with Crippen LogP contribution in [-0.4, -0.2) is 30.9 Å². The molecule has 7 heteroatoms. The first-order chi connectivity index (χ1) is 9.30. The van der Waals surface area contributed by atoms with Crippen LogP contribution in [0.2, 0.25) is 0 Å². The van der Waals surface area contributed by atoms with Gasteiger partial charge in [0.1, 0.15) is 5.75 Å². The molecule has 2 rings (SSSR count). The summed E-state index contributed by atoms with van der Waals surface area (Å²) in [4.78, 5) is 12.3. The summed E-state index contributed by atoms with van der Waals surface area (Å²) in [5, 5.41) is 0. The highest BCUT2D eigenvalue weighted by Gasteiger charge is 2.37. The number of ether oxygens (including phenoxy) is 2. The highest BCUT2D eigenvalue weighted by Crippen LogP contribution is 2.27. The maximum Gasteiger partial charge on any atom is 0.573 e. The van der Waals surface area contributed by atoms with Gasteiger partial charge in [-0.15, -0.1) is 13.2 Å². The van der Waals surface area contributed by atoms with Crippen molar-refractivity contribution in [3.63, 3.8) is 0 Å². The highest BCUT2D eigenvalue weighted by molar-refractivity contribution is 6.03. The number of hydrogen-bond acceptors (Lipinski definition) is 4. The van der Waals surface area contributed by atoms with Crippen molar-refractivity contribution in [3.8, 4) is 5.75 Å². The molecular weight excluding hydrogens is 275 g/mol. The summed E-state index contributed by atoms with van der Waals surface area (Å²) in [5.41, 5.74) is 5.04. The zero-order valence-electron chi connectivity index (χ0n) is 10.6. The molecule has 0 amide bonds. The van der Waals surface area contributed by atoms with Gasteiger partial charge < -0.3 is 15.2 Å². The van der Waals surface area contributed by atoms with E-state index < -0.39 is 23.4 Å². The summed E-state index contributed by atoms with van der Waals surface area (Å²) in [6.07, 6.45) is -4.10. The lowest BCUT2D eigenvalue weighted by molar-refractivity contribution is -0.274. The van der Waals surface area contributed by atoms with E-state index >= 15 is 0 Å². The third-order valence-electron chi connectivity index (χ3n) is 3.17. The average molecular weight is 289 g/mol. The third-order valence-corrected chi connectivity index (χ3v) is 3.17. The van der Waals surface area contributed by atoms with Crippen molar-refractivity contribution in [3.05, 3.63) is 29.8 Å². The summed E-state index contributed by atoms with van der Waals surface area (Å²) in [5.74, 6) is -0.826. The number of benzene rings is 1. The van der Waals surface area contributed by atoms with Gasteiger partial charge in [-0.2, -0.15) is 0 Å². The molecule has 110 valence electrons. The van der Waals surface area contributed by atoms with Gasteiger partial charge in [-0.3, -0.25) is 4.79 Å². The maximum atomic E-state index is 12.3. The van der Waals surface area contributed by atoms with E-state index in [1.54, 1.807) is 0 Å². The lowest BCUT2D eigenvalue weighted by Gasteiger charge is -2.31. The molecule has 1 aliphatic rings. The fraction of sp³-hybridized carbons (Fsp3) is 0.462. The van der Waals surface area contributed by atoms with Gasteiger partial charge in [-0.25, -0.2) is 0 Å². The van der Waals surface area contributed by atoms with Gasteiger partial charge >= 0.3 is 6.36 Å². The Hall–Kier alpha value is -1.60. The van der Waals surface area contributed by atoms with Gasteiger partial charge in [-0.05, 0) is 25.0 Å². The Morgan fingerprint density at radius 3 is 2.55 bits per heavy atom. The number of ketones is 1. The van der Waals surface area contributed by atoms with Gasteiger partial charge in [0, 0.05) is 18.8 Å². The second-order valence-electron chi connectivity index (χ2n) is 4.67. The van der Waals surface area contributed by atoms with Crippen LogP contribution in [0.3, 0.4) is 0 Å². The van der Waals surface area contributed by atoms with Gasteiger partial charge in [-0.1, -0.05) is 12.1 Å². The van der Waals surface area contributed by atoms with Crippen LogP contribution in [0, 0.1) is 0 Å². The maximum absolute atomic E-state index is 12.3. The Labute approximate surface area is 113 Å². The van der Waals surface area contributed by atoms with Crippen LogP contribution in [0.15, 0.2) is 24.3 Å². The van der Waals surface area contributed by atoms with Crippen LogP contribution >= 0.6 is 0 Å². The smallest absolute Gasteiger partial charge is 0.406 e. The van der Waals surface area contributed by atoms with Crippen LogP contribution < -0.4 is 10.5 Å². The summed E-state index contributed by atoms with van der Waals surface area (Å²) in [7, 11) is 0. The topological polar surface area (TPSA) is 61.6 Å². The molecule has 0 spiro atoms. The number of alkyl halides is 3. The molecule has 0 bridgehead atoms. The first-order valence-corrected chi connectivity index (χ1v) is 6.07. The van der Waals surface area contributed by atoms with Gasteiger partial charge in [0.2, 0.25) is 0 Å². The van der Waals surface area contributed by atoms with Crippen molar-refractivity contribution >= 4 is 5.78 Å². The lowest BCUT2D eigenvalue weighted by atomic mass is 9.83. The summed E-state index contributed by atoms with van der Waals surface area (Å²) in [6, 6.07) is 4.95. The monoisotopic (exact) mass is 289 g/mol. The largest absolute Gasteiger partial charge is 0.573 e. The minimum atomic E-state index is -4.79. The molecule has 1 heterocycles. The molecule has 20 heavy (non-hydrogen) atoms. The predicted molar refractivity (Wildman–Crippen MR) is 64.4 cm³/mol. The number of nitrogens with two attached hydrogens (primary N) is 1. The number of carbonyl (C=O) groups is 1. The number of halogens is 3. The first-order valence-electron chi connectivity index (χ1n) is 6.07. The second kappa shape index (κ2) is 5.41. The average Bonchev–Trinajstić information content (AvgIpc) is 2.37. The Kier molecular flexibility index (Phi) is 4.01. The zero-order valence-corrected chi connectivity index (χ0v) is 10.6. The van der Waals surface area contributed by atoms with Crippen LogP contribution in [0.4, 0.5) is 13.2 Å². The number of Topliss-reactive ketones (excluding diaryl/α,β-unsaturated/α-hetero) is 1. The molecule has 0 unspecified atom stereocenters. The van der Waals surface area contributed by atoms with Crippen molar-refractivity contribution < 1.29 is 27.4 Å². The first kappa shape index (κ1) is 14.8. The van der Waals surface area contributed by atoms with E-state index in [0.717, 1.165) is 12.1 Å². The van der Waals surface area contributed by atoms with E-state index in [2.05, 4.69) is 4.74 Å². The fourth-order valence-corrected chi connectivity index (χ4v) is 2.08. The van der Waals surface area contributed by atoms with Crippen molar-refractivity contribution in [2.75, 3.05) is 13.2 Å². The Balaban J connectivity index is 2.20. The molecular formula is C13H14F3NO3. The number of rotatable bonds is 3. The van der Waals surface area contributed by atoms with Crippen LogP contribution in [0.5, 0.6) is 5.75 Å². The van der Waals surface area contributed by atoms with Crippen LogP contribution in [0.1, 0.15) is 23.2 Å². The SMILES string of the molecule is NC1(C(=O)c2cccc(OC(F)(F)F)c2)CCOCC1. The van der Waals surface area contributed by atoms with Crippen molar-refractivity contribution in [2.45, 2.75) is 24.7 Å². The standard InChI is InChI=1S/C13H14F3NO3/c14-13(15,16)20-10-3-1-2-9(8-10)11(18)12(17)4-6-19-7-5-12/h1-3,8H,4-7,17H2. The molecule has 1 aliphatic heterocycles. The number of carbonyl (C=O) groups excluding carboxylic acids is 1. The molecule has 0 saturated carbocycles. The van der Waals surface area contributed by atoms with E-state index in [1.165, 1.54) is 12.1 Å². The molecule has 0 radical (unpaired) electrons. The van der Waals surface area contributed by atoms with E-state index in [9.17, 15) is 18.0 Å². The lowest BCUT2D eigenvalue weighted by Crippen LogP contribution is -2.51. The minimum Gasteiger partial charge on any atom is -0.406 e. The summed E-state index contributed by atoms with van der Waals surface area (Å²) < 4.78 is 45.4. The van der Waals surface area contributed by atoms with Crippen LogP contribution in [-0.2, 0) is 4.74 Å². The molecule has 1 fully saturated rings.